The van der Waals surface area contributed by atoms with Gasteiger partial charge >= 0.3 is 6.18 Å². The van der Waals surface area contributed by atoms with Crippen molar-refractivity contribution in [3.8, 4) is 5.69 Å². The number of benzene rings is 1. The average Bonchev–Trinajstić information content (AvgIpc) is 2.61. The van der Waals surface area contributed by atoms with Crippen molar-refractivity contribution in [1.29, 1.82) is 0 Å². The van der Waals surface area contributed by atoms with E-state index in [-0.39, 0.29) is 5.82 Å². The van der Waals surface area contributed by atoms with Crippen LogP contribution in [0, 0.1) is 6.92 Å². The van der Waals surface area contributed by atoms with Gasteiger partial charge in [0.25, 0.3) is 0 Å². The molecule has 0 amide bonds. The molecule has 0 saturated heterocycles. The van der Waals surface area contributed by atoms with Crippen LogP contribution in [0.3, 0.4) is 0 Å². The molecule has 0 spiro atoms. The van der Waals surface area contributed by atoms with E-state index in [1.165, 1.54) is 0 Å². The number of nitrogen functional groups attached to an aromatic ring is 1. The van der Waals surface area contributed by atoms with Gasteiger partial charge < -0.3 is 5.73 Å². The molecule has 0 aliphatic carbocycles. The molecule has 1 aromatic heterocycles. The number of halogens is 3. The van der Waals surface area contributed by atoms with Crippen LogP contribution in [0.5, 0.6) is 0 Å². The molecule has 3 nitrogen and oxygen atoms in total. The van der Waals surface area contributed by atoms with Crippen molar-refractivity contribution in [3.63, 3.8) is 0 Å². The normalized spacial score (nSPS) is 11.8. The minimum atomic E-state index is -4.48. The first-order valence-corrected chi connectivity index (χ1v) is 4.88. The summed E-state index contributed by atoms with van der Waals surface area (Å²) in [4.78, 5) is 0. The molecule has 2 rings (SSSR count). The summed E-state index contributed by atoms with van der Waals surface area (Å²) in [6.45, 7) is 1.89. The second-order valence-corrected chi connectivity index (χ2v) is 3.70. The van der Waals surface area contributed by atoms with Gasteiger partial charge in [0.1, 0.15) is 5.82 Å². The van der Waals surface area contributed by atoms with Crippen LogP contribution in [0.15, 0.2) is 30.3 Å². The number of hydrogen-bond donors (Lipinski definition) is 1. The second-order valence-electron chi connectivity index (χ2n) is 3.70. The van der Waals surface area contributed by atoms with Crippen molar-refractivity contribution in [2.24, 2.45) is 0 Å². The molecule has 0 bridgehead atoms. The fourth-order valence-corrected chi connectivity index (χ4v) is 1.43. The molecular weight excluding hydrogens is 231 g/mol. The maximum absolute atomic E-state index is 12.4. The van der Waals surface area contributed by atoms with E-state index in [9.17, 15) is 13.2 Å². The predicted octanol–water partition coefficient (Wildman–Crippen LogP) is 2.78. The summed E-state index contributed by atoms with van der Waals surface area (Å²) >= 11 is 0. The smallest absolute Gasteiger partial charge is 0.384 e. The molecule has 0 unspecified atom stereocenters. The molecule has 1 aromatic carbocycles. The van der Waals surface area contributed by atoms with Gasteiger partial charge in [0, 0.05) is 6.07 Å². The number of nitrogens with zero attached hydrogens (tertiary/aromatic N) is 2. The highest BCUT2D eigenvalue weighted by atomic mass is 19.4. The van der Waals surface area contributed by atoms with E-state index in [1.807, 2.05) is 6.92 Å². The number of nitrogens with two attached hydrogens (primary N) is 1. The Labute approximate surface area is 95.7 Å². The lowest BCUT2D eigenvalue weighted by molar-refractivity contribution is -0.141. The third kappa shape index (κ3) is 2.25. The zero-order valence-electron chi connectivity index (χ0n) is 8.99. The molecule has 0 aliphatic heterocycles. The molecule has 2 N–H and O–H groups in total. The zero-order chi connectivity index (χ0) is 12.6. The summed E-state index contributed by atoms with van der Waals surface area (Å²) in [7, 11) is 0. The number of aromatic nitrogens is 2. The van der Waals surface area contributed by atoms with Crippen LogP contribution < -0.4 is 5.73 Å². The van der Waals surface area contributed by atoms with Gasteiger partial charge in [-0.15, -0.1) is 0 Å². The van der Waals surface area contributed by atoms with Crippen molar-refractivity contribution in [2.75, 3.05) is 5.73 Å². The fourth-order valence-electron chi connectivity index (χ4n) is 1.43. The van der Waals surface area contributed by atoms with Gasteiger partial charge in [-0.3, -0.25) is 0 Å². The van der Waals surface area contributed by atoms with Crippen molar-refractivity contribution >= 4 is 5.82 Å². The fraction of sp³-hybridized carbons (Fsp3) is 0.182. The highest BCUT2D eigenvalue weighted by molar-refractivity contribution is 5.44. The number of anilines is 1. The summed E-state index contributed by atoms with van der Waals surface area (Å²) < 4.78 is 38.4. The van der Waals surface area contributed by atoms with Gasteiger partial charge in [0.05, 0.1) is 5.69 Å². The Kier molecular flexibility index (Phi) is 2.57. The van der Waals surface area contributed by atoms with Gasteiger partial charge in [-0.25, -0.2) is 4.68 Å². The van der Waals surface area contributed by atoms with E-state index in [4.69, 9.17) is 5.73 Å². The van der Waals surface area contributed by atoms with E-state index in [1.54, 1.807) is 24.3 Å². The molecular formula is C11H10F3N3. The summed E-state index contributed by atoms with van der Waals surface area (Å²) in [5, 5.41) is 3.45. The van der Waals surface area contributed by atoms with E-state index in [2.05, 4.69) is 5.10 Å². The van der Waals surface area contributed by atoms with Crippen molar-refractivity contribution < 1.29 is 13.2 Å². The zero-order valence-corrected chi connectivity index (χ0v) is 8.99. The first kappa shape index (κ1) is 11.5. The van der Waals surface area contributed by atoms with Crippen LogP contribution in [0.2, 0.25) is 0 Å². The Bertz CT molecular complexity index is 526. The van der Waals surface area contributed by atoms with Gasteiger partial charge in [-0.2, -0.15) is 18.3 Å². The van der Waals surface area contributed by atoms with Crippen LogP contribution in [-0.4, -0.2) is 9.78 Å². The number of alkyl halides is 3. The molecule has 0 saturated carbocycles. The SMILES string of the molecule is Cc1ccc(-n2nc(C(F)(F)F)cc2N)cc1. The van der Waals surface area contributed by atoms with Gasteiger partial charge in [-0.05, 0) is 19.1 Å². The Morgan fingerprint density at radius 1 is 1.18 bits per heavy atom. The van der Waals surface area contributed by atoms with Gasteiger partial charge in [-0.1, -0.05) is 17.7 Å². The molecule has 17 heavy (non-hydrogen) atoms. The van der Waals surface area contributed by atoms with Crippen LogP contribution in [0.4, 0.5) is 19.0 Å². The van der Waals surface area contributed by atoms with Crippen LogP contribution in [0.1, 0.15) is 11.3 Å². The summed E-state index contributed by atoms with van der Waals surface area (Å²) in [6, 6.07) is 7.71. The van der Waals surface area contributed by atoms with Gasteiger partial charge in [0.15, 0.2) is 5.69 Å². The molecule has 0 atom stereocenters. The highest BCUT2D eigenvalue weighted by Gasteiger charge is 2.34. The van der Waals surface area contributed by atoms with E-state index >= 15 is 0 Å². The topological polar surface area (TPSA) is 43.8 Å². The summed E-state index contributed by atoms with van der Waals surface area (Å²) in [5.74, 6) is -0.0406. The van der Waals surface area contributed by atoms with E-state index in [0.29, 0.717) is 5.69 Å². The van der Waals surface area contributed by atoms with Crippen molar-refractivity contribution in [2.45, 2.75) is 13.1 Å². The molecule has 6 heteroatoms. The Balaban J connectivity index is 2.46. The first-order chi connectivity index (χ1) is 7.88. The molecule has 1 heterocycles. The average molecular weight is 241 g/mol. The Morgan fingerprint density at radius 3 is 2.24 bits per heavy atom. The minimum Gasteiger partial charge on any atom is -0.384 e. The Hall–Kier alpha value is -1.98. The Morgan fingerprint density at radius 2 is 1.76 bits per heavy atom. The molecule has 0 aliphatic rings. The van der Waals surface area contributed by atoms with Gasteiger partial charge in [0.2, 0.25) is 0 Å². The standard InChI is InChI=1S/C11H10F3N3/c1-7-2-4-8(5-3-7)17-10(15)6-9(16-17)11(12,13)14/h2-6H,15H2,1H3. The van der Waals surface area contributed by atoms with E-state index < -0.39 is 11.9 Å². The third-order valence-electron chi connectivity index (χ3n) is 2.31. The molecule has 2 aromatic rings. The highest BCUT2D eigenvalue weighted by Crippen LogP contribution is 2.30. The summed E-state index contributed by atoms with van der Waals surface area (Å²) in [5.41, 5.74) is 6.03. The van der Waals surface area contributed by atoms with Crippen LogP contribution in [-0.2, 0) is 6.18 Å². The molecule has 0 fully saturated rings. The second kappa shape index (κ2) is 3.80. The first-order valence-electron chi connectivity index (χ1n) is 4.88. The number of aryl methyl sites for hydroxylation is 1. The maximum atomic E-state index is 12.4. The maximum Gasteiger partial charge on any atom is 0.435 e. The van der Waals surface area contributed by atoms with Crippen LogP contribution >= 0.6 is 0 Å². The van der Waals surface area contributed by atoms with E-state index in [0.717, 1.165) is 16.3 Å². The lowest BCUT2D eigenvalue weighted by atomic mass is 10.2. The minimum absolute atomic E-state index is 0.0406. The van der Waals surface area contributed by atoms with Crippen molar-refractivity contribution in [3.05, 3.63) is 41.6 Å². The molecule has 0 radical (unpaired) electrons. The van der Waals surface area contributed by atoms with Crippen LogP contribution in [0.25, 0.3) is 5.69 Å². The molecule has 90 valence electrons. The quantitative estimate of drug-likeness (QED) is 0.834. The van der Waals surface area contributed by atoms with Crippen molar-refractivity contribution in [1.82, 2.24) is 9.78 Å². The largest absolute Gasteiger partial charge is 0.435 e. The number of rotatable bonds is 1. The lowest BCUT2D eigenvalue weighted by Crippen LogP contribution is -2.07. The number of hydrogen-bond acceptors (Lipinski definition) is 2. The lowest BCUT2D eigenvalue weighted by Gasteiger charge is -2.04. The summed E-state index contributed by atoms with van der Waals surface area (Å²) in [6.07, 6.45) is -4.48. The monoisotopic (exact) mass is 241 g/mol. The third-order valence-corrected chi connectivity index (χ3v) is 2.31. The predicted molar refractivity (Wildman–Crippen MR) is 57.7 cm³/mol.